The first-order valence-corrected chi connectivity index (χ1v) is 23.3. The fraction of sp³-hybridized carbons (Fsp3) is 0.628. The summed E-state index contributed by atoms with van der Waals surface area (Å²) in [7, 11) is 10.8. The molecule has 274 valence electrons. The van der Waals surface area contributed by atoms with Gasteiger partial charge in [0.2, 0.25) is 0 Å². The maximum atomic E-state index is 7.86. The first-order valence-electron chi connectivity index (χ1n) is 19.1. The number of allylic oxidation sites excluding steroid dienone is 4. The molecule has 0 bridgehead atoms. The van der Waals surface area contributed by atoms with Crippen LogP contribution >= 0.6 is 17.5 Å². The zero-order chi connectivity index (χ0) is 35.3. The summed E-state index contributed by atoms with van der Waals surface area (Å²) in [5, 5.41) is -0.522. The van der Waals surface area contributed by atoms with Crippen LogP contribution in [0.2, 0.25) is 0 Å². The molecule has 0 saturated heterocycles. The number of hydrogen-bond donors (Lipinski definition) is 1. The second-order valence-corrected chi connectivity index (χ2v) is 20.9. The number of halogens is 1. The molecule has 0 aliphatic heterocycles. The number of rotatable bonds is 13. The molecule has 0 heterocycles. The molecule has 2 aromatic rings. The Morgan fingerprint density at radius 3 is 1.76 bits per heavy atom. The van der Waals surface area contributed by atoms with E-state index in [0.717, 1.165) is 11.5 Å². The Kier molecular flexibility index (Phi) is 13.7. The van der Waals surface area contributed by atoms with Crippen molar-refractivity contribution in [3.05, 3.63) is 94.5 Å². The van der Waals surface area contributed by atoms with Crippen LogP contribution < -0.4 is 5.73 Å². The summed E-state index contributed by atoms with van der Waals surface area (Å²) in [4.78, 5) is 0. The molecule has 0 spiro atoms. The van der Waals surface area contributed by atoms with Crippen LogP contribution in [0.1, 0.15) is 146 Å². The third-order valence-corrected chi connectivity index (χ3v) is 19.4. The van der Waals surface area contributed by atoms with Gasteiger partial charge < -0.3 is 0 Å². The van der Waals surface area contributed by atoms with Crippen LogP contribution in [0.25, 0.3) is 0 Å². The van der Waals surface area contributed by atoms with E-state index in [9.17, 15) is 0 Å². The predicted molar refractivity (Wildman–Crippen MR) is 208 cm³/mol. The molecule has 0 radical (unpaired) electrons. The van der Waals surface area contributed by atoms with E-state index in [4.69, 9.17) is 24.7 Å². The molecule has 2 aromatic carbocycles. The standard InChI is InChI=1S/C43H63NO2P.ClH.Pd/c1-29(2)33-24-25-36(37(28-33)30(3)4)41(42(44)31(5)6)43(47(34-20-14-10-15-21-34)35-22-16-11-17-23-35)39(46-8)27-26-38(45-7)40(43)32-18-12-9-13-19-32;;/h9,12-13,18-19,24-31,34-35,41-42H,10-11,14-17,20-23,44H2,1-8H3;1H;/q;;+1/p-1. The topological polar surface area (TPSA) is 44.5 Å². The van der Waals surface area contributed by atoms with E-state index in [2.05, 4.69) is 102 Å². The van der Waals surface area contributed by atoms with Crippen LogP contribution in [-0.2, 0) is 30.3 Å². The van der Waals surface area contributed by atoms with E-state index in [-0.39, 0.29) is 34.8 Å². The van der Waals surface area contributed by atoms with Crippen LogP contribution in [0.3, 0.4) is 0 Å². The molecule has 49 heavy (non-hydrogen) atoms. The SMILES string of the molecule is COC1=CC=C(OC)C(C(c2ccc(C(C)C)cc2C(C)C)C(N)C(C)C)(P(C2CCCCC2)C2CCCCC2)[C]1([Pd][Cl])c1ccccc1. The van der Waals surface area contributed by atoms with Crippen molar-refractivity contribution in [3.8, 4) is 0 Å². The van der Waals surface area contributed by atoms with Gasteiger partial charge in [-0.05, 0) is 0 Å². The van der Waals surface area contributed by atoms with Gasteiger partial charge in [-0.15, -0.1) is 0 Å². The van der Waals surface area contributed by atoms with Crippen LogP contribution in [-0.4, -0.2) is 36.7 Å². The minimum atomic E-state index is -0.732. The normalized spacial score (nSPS) is 25.5. The monoisotopic (exact) mass is 797 g/mol. The van der Waals surface area contributed by atoms with Gasteiger partial charge in [0.15, 0.2) is 0 Å². The zero-order valence-electron chi connectivity index (χ0n) is 31.4. The van der Waals surface area contributed by atoms with Crippen molar-refractivity contribution in [2.45, 2.75) is 150 Å². The quantitative estimate of drug-likeness (QED) is 0.162. The second kappa shape index (κ2) is 17.1. The molecular weight excluding hydrogens is 735 g/mol. The fourth-order valence-electron chi connectivity index (χ4n) is 9.53. The van der Waals surface area contributed by atoms with Gasteiger partial charge in [0.1, 0.15) is 0 Å². The number of methoxy groups -OCH3 is 2. The van der Waals surface area contributed by atoms with E-state index in [1.54, 1.807) is 0 Å². The molecule has 3 nitrogen and oxygen atoms in total. The van der Waals surface area contributed by atoms with Crippen molar-refractivity contribution < 1.29 is 26.4 Å². The van der Waals surface area contributed by atoms with Gasteiger partial charge in [0, 0.05) is 0 Å². The molecule has 5 rings (SSSR count). The Bertz CT molecular complexity index is 1410. The first kappa shape index (κ1) is 39.1. The van der Waals surface area contributed by atoms with Crippen molar-refractivity contribution in [3.63, 3.8) is 0 Å². The van der Waals surface area contributed by atoms with Gasteiger partial charge in [0.25, 0.3) is 0 Å². The summed E-state index contributed by atoms with van der Waals surface area (Å²) in [5.74, 6) is 3.02. The number of hydrogen-bond acceptors (Lipinski definition) is 3. The van der Waals surface area contributed by atoms with Crippen molar-refractivity contribution in [1.82, 2.24) is 0 Å². The van der Waals surface area contributed by atoms with Gasteiger partial charge in [-0.2, -0.15) is 0 Å². The van der Waals surface area contributed by atoms with Crippen molar-refractivity contribution in [2.24, 2.45) is 11.7 Å². The van der Waals surface area contributed by atoms with E-state index in [1.807, 2.05) is 14.2 Å². The van der Waals surface area contributed by atoms with Gasteiger partial charge >= 0.3 is 314 Å². The average molecular weight is 799 g/mol. The van der Waals surface area contributed by atoms with Gasteiger partial charge in [-0.3, -0.25) is 0 Å². The summed E-state index contributed by atoms with van der Waals surface area (Å²) in [6, 6.07) is 18.4. The van der Waals surface area contributed by atoms with E-state index in [1.165, 1.54) is 86.5 Å². The summed E-state index contributed by atoms with van der Waals surface area (Å²) < 4.78 is 12.9. The minimum absolute atomic E-state index is 0.0383. The molecule has 3 aliphatic carbocycles. The van der Waals surface area contributed by atoms with E-state index in [0.29, 0.717) is 23.2 Å². The molecule has 2 N–H and O–H groups in total. The number of ether oxygens (including phenoxy) is 2. The molecule has 0 aromatic heterocycles. The average Bonchev–Trinajstić information content (AvgIpc) is 3.12. The predicted octanol–water partition coefficient (Wildman–Crippen LogP) is 12.1. The van der Waals surface area contributed by atoms with Crippen LogP contribution in [0.5, 0.6) is 0 Å². The zero-order valence-corrected chi connectivity index (χ0v) is 34.6. The third kappa shape index (κ3) is 7.15. The molecule has 2 saturated carbocycles. The van der Waals surface area contributed by atoms with Crippen LogP contribution in [0.15, 0.2) is 72.2 Å². The molecule has 6 heteroatoms. The van der Waals surface area contributed by atoms with Gasteiger partial charge in [0.05, 0.1) is 0 Å². The van der Waals surface area contributed by atoms with E-state index < -0.39 is 17.0 Å². The molecule has 4 atom stereocenters. The molecule has 0 amide bonds. The summed E-state index contributed by atoms with van der Waals surface area (Å²) >= 11 is -0.254. The Morgan fingerprint density at radius 1 is 0.735 bits per heavy atom. The van der Waals surface area contributed by atoms with Gasteiger partial charge in [-0.25, -0.2) is 0 Å². The van der Waals surface area contributed by atoms with Crippen molar-refractivity contribution in [1.29, 1.82) is 0 Å². The van der Waals surface area contributed by atoms with E-state index >= 15 is 0 Å². The van der Waals surface area contributed by atoms with Crippen LogP contribution in [0, 0.1) is 5.92 Å². The van der Waals surface area contributed by atoms with Crippen LogP contribution in [0.4, 0.5) is 0 Å². The summed E-state index contributed by atoms with van der Waals surface area (Å²) in [5.41, 5.74) is 14.5. The Labute approximate surface area is 312 Å². The Balaban J connectivity index is 2.03. The number of benzene rings is 2. The second-order valence-electron chi connectivity index (χ2n) is 15.8. The molecule has 2 fully saturated rings. The maximum absolute atomic E-state index is 7.86. The summed E-state index contributed by atoms with van der Waals surface area (Å²) in [6.07, 6.45) is 17.4. The third-order valence-electron chi connectivity index (χ3n) is 12.0. The molecule has 3 aliphatic rings. The van der Waals surface area contributed by atoms with Gasteiger partial charge in [-0.1, -0.05) is 0 Å². The van der Waals surface area contributed by atoms with Crippen molar-refractivity contribution in [2.75, 3.05) is 14.2 Å². The Hall–Kier alpha value is -1.14. The number of nitrogens with two attached hydrogens (primary N) is 1. The van der Waals surface area contributed by atoms with Crippen molar-refractivity contribution >= 4 is 17.5 Å². The Morgan fingerprint density at radius 2 is 1.29 bits per heavy atom. The first-order chi connectivity index (χ1) is 23.6. The summed E-state index contributed by atoms with van der Waals surface area (Å²) in [6.45, 7) is 14.0. The molecule has 4 unspecified atom stereocenters. The molecular formula is C43H63ClNO2PPd. The fourth-order valence-corrected chi connectivity index (χ4v) is 18.6.